The van der Waals surface area contributed by atoms with Crippen LogP contribution in [0.5, 0.6) is 5.75 Å². The van der Waals surface area contributed by atoms with Crippen LogP contribution in [-0.2, 0) is 4.79 Å². The Kier molecular flexibility index (Phi) is 7.99. The molecular weight excluding hydrogens is 549 g/mol. The van der Waals surface area contributed by atoms with Crippen molar-refractivity contribution >= 4 is 46.1 Å². The Morgan fingerprint density at radius 2 is 1.88 bits per heavy atom. The van der Waals surface area contributed by atoms with Gasteiger partial charge in [0.15, 0.2) is 0 Å². The summed E-state index contributed by atoms with van der Waals surface area (Å²) in [4.78, 5) is 30.4. The maximum absolute atomic E-state index is 13.1. The molecule has 3 atom stereocenters. The topological polar surface area (TPSA) is 96.7 Å². The summed E-state index contributed by atoms with van der Waals surface area (Å²) in [6.45, 7) is 8.03. The van der Waals surface area contributed by atoms with Crippen LogP contribution in [0.15, 0.2) is 36.4 Å². The Morgan fingerprint density at radius 3 is 2.45 bits per heavy atom. The molecule has 1 saturated carbocycles. The zero-order chi connectivity index (χ0) is 29.6. The van der Waals surface area contributed by atoms with Crippen LogP contribution in [0.2, 0.25) is 5.02 Å². The first-order valence-electron chi connectivity index (χ1n) is 12.9. The SMILES string of the molecule is CC(C(=O)O)N(C)C(=O)c1cc2nc(Nc3ccc(OC(F)(F)F)cc3)n([C@H]3C[C@@H](C)CC(C)(C)C3)c2cc1Cl. The van der Waals surface area contributed by atoms with Crippen LogP contribution in [0.1, 0.15) is 63.4 Å². The fourth-order valence-corrected chi connectivity index (χ4v) is 5.87. The monoisotopic (exact) mass is 580 g/mol. The number of carbonyl (C=O) groups excluding carboxylic acids is 1. The molecule has 1 unspecified atom stereocenters. The second kappa shape index (κ2) is 10.8. The molecule has 0 aliphatic heterocycles. The summed E-state index contributed by atoms with van der Waals surface area (Å²) >= 11 is 6.60. The van der Waals surface area contributed by atoms with Gasteiger partial charge in [0, 0.05) is 18.8 Å². The molecule has 0 radical (unpaired) electrons. The number of nitrogens with zero attached hydrogens (tertiary/aromatic N) is 3. The van der Waals surface area contributed by atoms with Crippen LogP contribution < -0.4 is 10.1 Å². The number of carboxylic acid groups (broad SMARTS) is 1. The number of alkyl halides is 3. The average molecular weight is 581 g/mol. The Hall–Kier alpha value is -3.47. The van der Waals surface area contributed by atoms with Gasteiger partial charge in [-0.15, -0.1) is 13.2 Å². The Bertz CT molecular complexity index is 1420. The van der Waals surface area contributed by atoms with Gasteiger partial charge < -0.3 is 24.6 Å². The van der Waals surface area contributed by atoms with Crippen molar-refractivity contribution in [2.45, 2.75) is 65.4 Å². The molecule has 0 saturated heterocycles. The van der Waals surface area contributed by atoms with Gasteiger partial charge in [-0.2, -0.15) is 0 Å². The molecule has 2 N–H and O–H groups in total. The van der Waals surface area contributed by atoms with E-state index in [1.807, 2.05) is 4.57 Å². The molecular formula is C28H32ClF3N4O4. The van der Waals surface area contributed by atoms with Gasteiger partial charge in [0.1, 0.15) is 11.8 Å². The number of benzene rings is 2. The first kappa shape index (κ1) is 29.5. The number of ether oxygens (including phenoxy) is 1. The highest BCUT2D eigenvalue weighted by atomic mass is 35.5. The predicted octanol–water partition coefficient (Wildman–Crippen LogP) is 7.26. The number of hydrogen-bond donors (Lipinski definition) is 2. The normalized spacial score (nSPS) is 19.7. The summed E-state index contributed by atoms with van der Waals surface area (Å²) in [7, 11) is 1.39. The lowest BCUT2D eigenvalue weighted by atomic mass is 9.70. The van der Waals surface area contributed by atoms with E-state index in [0.717, 1.165) is 24.2 Å². The summed E-state index contributed by atoms with van der Waals surface area (Å²) in [6.07, 6.45) is -2.00. The highest BCUT2D eigenvalue weighted by Gasteiger charge is 2.35. The van der Waals surface area contributed by atoms with Gasteiger partial charge in [-0.05, 0) is 73.9 Å². The number of amides is 1. The lowest BCUT2D eigenvalue weighted by Gasteiger charge is -2.40. The molecule has 1 amide bonds. The molecule has 3 aromatic rings. The van der Waals surface area contributed by atoms with Gasteiger partial charge in [-0.3, -0.25) is 4.79 Å². The largest absolute Gasteiger partial charge is 0.573 e. The van der Waals surface area contributed by atoms with Gasteiger partial charge in [0.2, 0.25) is 5.95 Å². The number of likely N-dealkylation sites (N-methyl/N-ethyl adjacent to an activating group) is 1. The third kappa shape index (κ3) is 6.46. The smallest absolute Gasteiger partial charge is 0.480 e. The highest BCUT2D eigenvalue weighted by Crippen LogP contribution is 2.46. The number of aromatic nitrogens is 2. The van der Waals surface area contributed by atoms with E-state index in [4.69, 9.17) is 16.6 Å². The summed E-state index contributed by atoms with van der Waals surface area (Å²) in [5, 5.41) is 12.7. The van der Waals surface area contributed by atoms with Gasteiger partial charge in [0.25, 0.3) is 5.91 Å². The molecule has 4 rings (SSSR count). The van der Waals surface area contributed by atoms with E-state index in [1.54, 1.807) is 12.1 Å². The van der Waals surface area contributed by atoms with Crippen molar-refractivity contribution < 1.29 is 32.6 Å². The molecule has 2 aromatic carbocycles. The van der Waals surface area contributed by atoms with Crippen molar-refractivity contribution in [2.24, 2.45) is 11.3 Å². The van der Waals surface area contributed by atoms with Crippen molar-refractivity contribution in [1.29, 1.82) is 0 Å². The summed E-state index contributed by atoms with van der Waals surface area (Å²) in [5.74, 6) is -1.17. The number of carboxylic acids is 1. The van der Waals surface area contributed by atoms with Gasteiger partial charge >= 0.3 is 12.3 Å². The van der Waals surface area contributed by atoms with Crippen LogP contribution in [0.25, 0.3) is 11.0 Å². The molecule has 40 heavy (non-hydrogen) atoms. The molecule has 1 aliphatic carbocycles. The Morgan fingerprint density at radius 1 is 1.23 bits per heavy atom. The zero-order valence-corrected chi connectivity index (χ0v) is 23.6. The van der Waals surface area contributed by atoms with E-state index in [0.29, 0.717) is 28.6 Å². The predicted molar refractivity (Wildman–Crippen MR) is 146 cm³/mol. The molecule has 1 fully saturated rings. The third-order valence-electron chi connectivity index (χ3n) is 7.34. The van der Waals surface area contributed by atoms with Crippen LogP contribution >= 0.6 is 11.6 Å². The number of imidazole rings is 1. The molecule has 1 heterocycles. The number of anilines is 2. The van der Waals surface area contributed by atoms with Gasteiger partial charge in [-0.25, -0.2) is 9.78 Å². The third-order valence-corrected chi connectivity index (χ3v) is 7.65. The molecule has 0 bridgehead atoms. The van der Waals surface area contributed by atoms with Crippen molar-refractivity contribution in [3.05, 3.63) is 47.0 Å². The van der Waals surface area contributed by atoms with Crippen LogP contribution in [-0.4, -0.2) is 50.9 Å². The molecule has 216 valence electrons. The zero-order valence-electron chi connectivity index (χ0n) is 22.8. The first-order chi connectivity index (χ1) is 18.5. The van der Waals surface area contributed by atoms with Crippen LogP contribution in [0.3, 0.4) is 0 Å². The number of rotatable bonds is 7. The average Bonchev–Trinajstić information content (AvgIpc) is 3.17. The number of nitrogens with one attached hydrogen (secondary N) is 1. The fraction of sp³-hybridized carbons (Fsp3) is 0.464. The number of hydrogen-bond acceptors (Lipinski definition) is 5. The number of aliphatic carboxylic acids is 1. The van der Waals surface area contributed by atoms with Crippen molar-refractivity contribution in [2.75, 3.05) is 12.4 Å². The standard InChI is InChI=1S/C28H32ClF3N4O4/c1-15-10-18(14-27(3,4)13-15)36-23-12-21(29)20(24(37)35(5)16(2)25(38)39)11-22(23)34-26(36)33-17-6-8-19(9-7-17)40-28(30,31)32/h6-9,11-12,15-16,18H,10,13-14H2,1-5H3,(H,33,34)(H,38,39)/t15-,16?,18+/m1/s1. The molecule has 8 nitrogen and oxygen atoms in total. The second-order valence-electron chi connectivity index (χ2n) is 11.3. The van der Waals surface area contributed by atoms with E-state index >= 15 is 0 Å². The van der Waals surface area contributed by atoms with Gasteiger partial charge in [0.05, 0.1) is 21.6 Å². The van der Waals surface area contributed by atoms with Crippen LogP contribution in [0, 0.1) is 11.3 Å². The minimum Gasteiger partial charge on any atom is -0.480 e. The number of fused-ring (bicyclic) bond motifs is 1. The lowest BCUT2D eigenvalue weighted by molar-refractivity contribution is -0.274. The Labute approximate surface area is 235 Å². The quantitative estimate of drug-likeness (QED) is 0.305. The fourth-order valence-electron chi connectivity index (χ4n) is 5.63. The molecule has 1 aromatic heterocycles. The maximum atomic E-state index is 13.1. The van der Waals surface area contributed by atoms with E-state index in [2.05, 4.69) is 30.8 Å². The van der Waals surface area contributed by atoms with Crippen LogP contribution in [0.4, 0.5) is 24.8 Å². The minimum absolute atomic E-state index is 0.0337. The lowest BCUT2D eigenvalue weighted by Crippen LogP contribution is -2.40. The second-order valence-corrected chi connectivity index (χ2v) is 11.7. The molecule has 1 aliphatic rings. The first-order valence-corrected chi connectivity index (χ1v) is 13.3. The van der Waals surface area contributed by atoms with E-state index < -0.39 is 24.3 Å². The van der Waals surface area contributed by atoms with Crippen molar-refractivity contribution in [3.63, 3.8) is 0 Å². The Balaban J connectivity index is 1.78. The maximum Gasteiger partial charge on any atom is 0.573 e. The van der Waals surface area contributed by atoms with Gasteiger partial charge in [-0.1, -0.05) is 32.4 Å². The van der Waals surface area contributed by atoms with E-state index in [1.165, 1.54) is 38.2 Å². The number of carbonyl (C=O) groups is 2. The summed E-state index contributed by atoms with van der Waals surface area (Å²) in [5.41, 5.74) is 1.82. The van der Waals surface area contributed by atoms with Crippen molar-refractivity contribution in [1.82, 2.24) is 14.5 Å². The molecule has 12 heteroatoms. The van der Waals surface area contributed by atoms with E-state index in [9.17, 15) is 27.9 Å². The van der Waals surface area contributed by atoms with Crippen molar-refractivity contribution in [3.8, 4) is 5.75 Å². The number of halogens is 4. The summed E-state index contributed by atoms with van der Waals surface area (Å²) in [6, 6.07) is 7.52. The molecule has 0 spiro atoms. The minimum atomic E-state index is -4.79. The highest BCUT2D eigenvalue weighted by molar-refractivity contribution is 6.34. The van der Waals surface area contributed by atoms with E-state index in [-0.39, 0.29) is 27.8 Å². The summed E-state index contributed by atoms with van der Waals surface area (Å²) < 4.78 is 43.8.